The minimum atomic E-state index is -5.87. The lowest BCUT2D eigenvalue weighted by atomic mass is 10.1. The minimum Gasteiger partial charge on any atom is -0.444 e. The molecule has 1 aromatic heterocycles. The largest absolute Gasteiger partial charge is 0.534 e. The smallest absolute Gasteiger partial charge is 0.444 e. The summed E-state index contributed by atoms with van der Waals surface area (Å²) in [5, 5.41) is 0. The number of fused-ring (bicyclic) bond motifs is 1. The van der Waals surface area contributed by atoms with Crippen LogP contribution in [-0.2, 0) is 27.9 Å². The Morgan fingerprint density at radius 2 is 1.65 bits per heavy atom. The van der Waals surface area contributed by atoms with Gasteiger partial charge in [-0.15, -0.1) is 0 Å². The third kappa shape index (κ3) is 4.02. The average molecular weight is 396 g/mol. The van der Waals surface area contributed by atoms with Crippen molar-refractivity contribution in [2.24, 2.45) is 0 Å². The second kappa shape index (κ2) is 6.29. The Hall–Kier alpha value is -2.04. The molecule has 0 saturated carbocycles. The molecule has 0 N–H and O–H groups in total. The van der Waals surface area contributed by atoms with Gasteiger partial charge in [0.25, 0.3) is 0 Å². The number of ether oxygens (including phenoxy) is 1. The predicted molar refractivity (Wildman–Crippen MR) is 84.8 cm³/mol. The number of rotatable bonds is 2. The van der Waals surface area contributed by atoms with E-state index in [1.165, 1.54) is 11.8 Å². The fourth-order valence-corrected chi connectivity index (χ4v) is 2.81. The maximum absolute atomic E-state index is 12.6. The zero-order valence-corrected chi connectivity index (χ0v) is 15.7. The first-order valence-corrected chi connectivity index (χ1v) is 9.01. The Bertz CT molecular complexity index is 844. The van der Waals surface area contributed by atoms with Gasteiger partial charge < -0.3 is 8.92 Å². The lowest BCUT2D eigenvalue weighted by Crippen LogP contribution is -2.33. The molecule has 0 atom stereocenters. The number of aromatic nitrogens is 1. The number of carbonyl (C=O) groups excluding carboxylic acids is 1. The number of aryl methyl sites for hydroxylation is 1. The highest BCUT2D eigenvalue weighted by molar-refractivity contribution is 7.87. The predicted octanol–water partition coefficient (Wildman–Crippen LogP) is 3.18. The third-order valence-electron chi connectivity index (χ3n) is 3.71. The molecule has 11 heteroatoms. The maximum atomic E-state index is 12.6. The topological polar surface area (TPSA) is 85.8 Å². The fourth-order valence-electron chi connectivity index (χ4n) is 2.37. The summed E-state index contributed by atoms with van der Waals surface area (Å²) in [6.07, 6.45) is -0.671. The first-order chi connectivity index (χ1) is 11.6. The first kappa shape index (κ1) is 20.3. The number of halogens is 3. The Morgan fingerprint density at radius 3 is 2.15 bits per heavy atom. The van der Waals surface area contributed by atoms with Gasteiger partial charge in [-0.2, -0.15) is 21.6 Å². The van der Waals surface area contributed by atoms with Crippen molar-refractivity contribution in [2.75, 3.05) is 0 Å². The zero-order chi connectivity index (χ0) is 20.1. The molecular weight excluding hydrogens is 377 g/mol. The van der Waals surface area contributed by atoms with Gasteiger partial charge in [-0.3, -0.25) is 4.90 Å². The van der Waals surface area contributed by atoms with E-state index >= 15 is 0 Å². The normalized spacial score (nSPS) is 15.0. The monoisotopic (exact) mass is 396 g/mol. The van der Waals surface area contributed by atoms with E-state index in [9.17, 15) is 26.4 Å². The van der Waals surface area contributed by atoms with E-state index in [-0.39, 0.29) is 18.7 Å². The van der Waals surface area contributed by atoms with Crippen LogP contribution in [-0.4, -0.2) is 35.5 Å². The van der Waals surface area contributed by atoms with Crippen LogP contribution in [0.25, 0.3) is 0 Å². The molecule has 26 heavy (non-hydrogen) atoms. The molecule has 0 aliphatic carbocycles. The van der Waals surface area contributed by atoms with Gasteiger partial charge in [0, 0.05) is 11.3 Å². The van der Waals surface area contributed by atoms with Crippen molar-refractivity contribution in [2.45, 2.75) is 58.8 Å². The summed E-state index contributed by atoms with van der Waals surface area (Å²) in [6, 6.07) is 0. The van der Waals surface area contributed by atoms with Crippen LogP contribution in [0, 0.1) is 13.8 Å². The maximum Gasteiger partial charge on any atom is 0.534 e. The lowest BCUT2D eigenvalue weighted by molar-refractivity contribution is -0.0501. The minimum absolute atomic E-state index is 0.0574. The molecular formula is C15H19F3N2O5S. The molecule has 0 spiro atoms. The van der Waals surface area contributed by atoms with Gasteiger partial charge in [-0.1, -0.05) is 0 Å². The highest BCUT2D eigenvalue weighted by Crippen LogP contribution is 2.36. The Labute approximate surface area is 149 Å². The molecule has 1 amide bonds. The first-order valence-electron chi connectivity index (χ1n) is 7.60. The van der Waals surface area contributed by atoms with Crippen molar-refractivity contribution in [1.82, 2.24) is 9.88 Å². The van der Waals surface area contributed by atoms with Crippen LogP contribution < -0.4 is 4.18 Å². The van der Waals surface area contributed by atoms with Crippen LogP contribution in [0.4, 0.5) is 18.0 Å². The molecule has 2 heterocycles. The van der Waals surface area contributed by atoms with E-state index in [0.29, 0.717) is 16.8 Å². The molecule has 2 rings (SSSR count). The number of hydrogen-bond acceptors (Lipinski definition) is 6. The number of carbonyl (C=O) groups is 1. The summed E-state index contributed by atoms with van der Waals surface area (Å²) in [4.78, 5) is 17.3. The van der Waals surface area contributed by atoms with Crippen molar-refractivity contribution >= 4 is 16.2 Å². The molecule has 1 aromatic rings. The standard InChI is InChI=1S/C15H19F3N2O5S/c1-8-9(2)19-12(25-26(22,23)15(16,17)18)11-7-20(6-10(8)11)13(21)24-14(3,4)5/h6-7H2,1-5H3. The molecule has 1 aliphatic heterocycles. The quantitative estimate of drug-likeness (QED) is 0.564. The summed E-state index contributed by atoms with van der Waals surface area (Å²) in [5.41, 5.74) is -4.77. The van der Waals surface area contributed by atoms with E-state index in [0.717, 1.165) is 0 Å². The van der Waals surface area contributed by atoms with Crippen LogP contribution in [0.5, 0.6) is 5.88 Å². The number of alkyl halides is 3. The van der Waals surface area contributed by atoms with Gasteiger partial charge >= 0.3 is 21.7 Å². The van der Waals surface area contributed by atoms with Gasteiger partial charge in [-0.25, -0.2) is 9.78 Å². The van der Waals surface area contributed by atoms with Crippen molar-refractivity contribution in [3.05, 3.63) is 22.4 Å². The average Bonchev–Trinajstić information content (AvgIpc) is 2.87. The highest BCUT2D eigenvalue weighted by atomic mass is 32.2. The van der Waals surface area contributed by atoms with Crippen molar-refractivity contribution in [3.63, 3.8) is 0 Å². The van der Waals surface area contributed by atoms with E-state index in [2.05, 4.69) is 9.17 Å². The molecule has 0 radical (unpaired) electrons. The van der Waals surface area contributed by atoms with E-state index in [4.69, 9.17) is 4.74 Å². The second-order valence-corrected chi connectivity index (χ2v) is 8.44. The fraction of sp³-hybridized carbons (Fsp3) is 0.600. The van der Waals surface area contributed by atoms with E-state index < -0.39 is 33.2 Å². The van der Waals surface area contributed by atoms with Crippen LogP contribution in [0.3, 0.4) is 0 Å². The van der Waals surface area contributed by atoms with Crippen LogP contribution in [0.15, 0.2) is 0 Å². The number of hydrogen-bond donors (Lipinski definition) is 0. The lowest BCUT2D eigenvalue weighted by Gasteiger charge is -2.24. The van der Waals surface area contributed by atoms with Gasteiger partial charge in [0.2, 0.25) is 5.88 Å². The molecule has 0 fully saturated rings. The summed E-state index contributed by atoms with van der Waals surface area (Å²) in [6.45, 7) is 8.12. The molecule has 0 bridgehead atoms. The summed E-state index contributed by atoms with van der Waals surface area (Å²) in [5.74, 6) is -0.675. The number of amides is 1. The summed E-state index contributed by atoms with van der Waals surface area (Å²) < 4.78 is 70.0. The molecule has 1 aliphatic rings. The van der Waals surface area contributed by atoms with Crippen molar-refractivity contribution in [3.8, 4) is 5.88 Å². The van der Waals surface area contributed by atoms with Gasteiger partial charge in [-0.05, 0) is 45.7 Å². The summed E-state index contributed by atoms with van der Waals surface area (Å²) >= 11 is 0. The van der Waals surface area contributed by atoms with Crippen LogP contribution in [0.1, 0.15) is 43.2 Å². The SMILES string of the molecule is Cc1nc(OS(=O)(=O)C(F)(F)F)c2c(c1C)CN(C(=O)OC(C)(C)C)C2. The van der Waals surface area contributed by atoms with Gasteiger partial charge in [0.1, 0.15) is 5.60 Å². The Kier molecular flexibility index (Phi) is 4.90. The van der Waals surface area contributed by atoms with Crippen LogP contribution >= 0.6 is 0 Å². The molecule has 0 aromatic carbocycles. The second-order valence-electron chi connectivity index (χ2n) is 6.90. The van der Waals surface area contributed by atoms with E-state index in [1.807, 2.05) is 0 Å². The molecule has 0 saturated heterocycles. The Morgan fingerprint density at radius 1 is 1.12 bits per heavy atom. The number of nitrogens with zero attached hydrogens (tertiary/aromatic N) is 2. The van der Waals surface area contributed by atoms with Crippen molar-refractivity contribution in [1.29, 1.82) is 0 Å². The van der Waals surface area contributed by atoms with Crippen LogP contribution in [0.2, 0.25) is 0 Å². The van der Waals surface area contributed by atoms with Gasteiger partial charge in [0.05, 0.1) is 13.1 Å². The Balaban J connectivity index is 2.40. The molecule has 146 valence electrons. The van der Waals surface area contributed by atoms with E-state index in [1.54, 1.807) is 27.7 Å². The molecule has 0 unspecified atom stereocenters. The molecule has 7 nitrogen and oxygen atoms in total. The zero-order valence-electron chi connectivity index (χ0n) is 14.9. The number of pyridine rings is 1. The third-order valence-corrected chi connectivity index (χ3v) is 4.65. The summed E-state index contributed by atoms with van der Waals surface area (Å²) in [7, 11) is -5.87. The van der Waals surface area contributed by atoms with Crippen molar-refractivity contribution < 1.29 is 35.3 Å². The highest BCUT2D eigenvalue weighted by Gasteiger charge is 2.49. The van der Waals surface area contributed by atoms with Gasteiger partial charge in [0.15, 0.2) is 0 Å².